The van der Waals surface area contributed by atoms with Crippen LogP contribution in [-0.4, -0.2) is 37.4 Å². The number of ether oxygens (including phenoxy) is 1. The highest BCUT2D eigenvalue weighted by atomic mass is 19.3. The molecular formula is C20H19F4N7O2. The van der Waals surface area contributed by atoms with Gasteiger partial charge in [-0.1, -0.05) is 6.92 Å². The molecule has 0 spiro atoms. The molecule has 3 aromatic heterocycles. The van der Waals surface area contributed by atoms with Gasteiger partial charge in [0, 0.05) is 37.9 Å². The molecule has 0 atom stereocenters. The first-order chi connectivity index (χ1) is 15.5. The van der Waals surface area contributed by atoms with Crippen LogP contribution >= 0.6 is 0 Å². The number of rotatable bonds is 8. The molecule has 0 aliphatic rings. The van der Waals surface area contributed by atoms with Gasteiger partial charge < -0.3 is 15.4 Å². The average molecular weight is 465 g/mol. The number of alkyl halides is 4. The molecule has 9 nitrogen and oxygen atoms in total. The summed E-state index contributed by atoms with van der Waals surface area (Å²) in [6.45, 7) is 0.704. The lowest BCUT2D eigenvalue weighted by atomic mass is 10.2. The number of hydrogen-bond acceptors (Lipinski definition) is 8. The lowest BCUT2D eigenvalue weighted by Crippen LogP contribution is -2.15. The first-order valence-corrected chi connectivity index (χ1v) is 9.63. The van der Waals surface area contributed by atoms with Crippen molar-refractivity contribution in [3.63, 3.8) is 0 Å². The largest absolute Gasteiger partial charge is 0.432 e. The minimum Gasteiger partial charge on any atom is -0.432 e. The van der Waals surface area contributed by atoms with Crippen molar-refractivity contribution in [2.24, 2.45) is 0 Å². The summed E-state index contributed by atoms with van der Waals surface area (Å²) in [6, 6.07) is 2.93. The number of nitrogens with one attached hydrogen (secondary N) is 2. The highest BCUT2D eigenvalue weighted by Gasteiger charge is 2.29. The Morgan fingerprint density at radius 1 is 1.09 bits per heavy atom. The van der Waals surface area contributed by atoms with Crippen molar-refractivity contribution in [2.75, 3.05) is 10.6 Å². The topological polar surface area (TPSA) is 115 Å². The van der Waals surface area contributed by atoms with E-state index in [1.54, 1.807) is 6.92 Å². The van der Waals surface area contributed by atoms with Gasteiger partial charge in [0.05, 0.1) is 23.6 Å². The van der Waals surface area contributed by atoms with Crippen molar-refractivity contribution >= 4 is 23.2 Å². The zero-order chi connectivity index (χ0) is 24.2. The Morgan fingerprint density at radius 2 is 1.79 bits per heavy atom. The standard InChI is InChI=1S/C20H19F4N7O2/c1-4-11-5-16(31-18(29-11)20(3,23)24)30-14-6-15(28-10(2)32)25-9-13(14)17-26-7-12(8-27-17)33-19(21)22/h5-9,19H,4H2,1-3H3,(H2,25,28,29,30,31,32). The molecule has 0 saturated heterocycles. The van der Waals surface area contributed by atoms with E-state index in [1.807, 2.05) is 0 Å². The fraction of sp³-hybridized carbons (Fsp3) is 0.300. The molecule has 174 valence electrons. The Hall–Kier alpha value is -3.90. The van der Waals surface area contributed by atoms with E-state index in [-0.39, 0.29) is 40.4 Å². The average Bonchev–Trinajstić information content (AvgIpc) is 2.73. The lowest BCUT2D eigenvalue weighted by Gasteiger charge is -2.15. The zero-order valence-corrected chi connectivity index (χ0v) is 17.7. The molecule has 0 radical (unpaired) electrons. The molecule has 0 fully saturated rings. The van der Waals surface area contributed by atoms with Crippen molar-refractivity contribution in [1.29, 1.82) is 0 Å². The highest BCUT2D eigenvalue weighted by molar-refractivity contribution is 5.89. The molecule has 0 unspecified atom stereocenters. The molecule has 0 aliphatic heterocycles. The van der Waals surface area contributed by atoms with E-state index in [0.717, 1.165) is 12.4 Å². The van der Waals surface area contributed by atoms with Gasteiger partial charge in [0.2, 0.25) is 11.7 Å². The molecule has 1 amide bonds. The Labute approximate surface area is 185 Å². The lowest BCUT2D eigenvalue weighted by molar-refractivity contribution is -0.114. The van der Waals surface area contributed by atoms with Crippen LogP contribution in [-0.2, 0) is 17.1 Å². The van der Waals surface area contributed by atoms with Crippen LogP contribution in [0.1, 0.15) is 32.3 Å². The predicted molar refractivity (Wildman–Crippen MR) is 110 cm³/mol. The molecule has 3 aromatic rings. The van der Waals surface area contributed by atoms with E-state index in [2.05, 4.69) is 40.3 Å². The minimum atomic E-state index is -3.27. The maximum absolute atomic E-state index is 13.9. The Balaban J connectivity index is 2.05. The number of amides is 1. The molecule has 33 heavy (non-hydrogen) atoms. The smallest absolute Gasteiger partial charge is 0.387 e. The molecule has 0 saturated carbocycles. The molecular weight excluding hydrogens is 446 g/mol. The number of pyridine rings is 1. The van der Waals surface area contributed by atoms with E-state index in [9.17, 15) is 22.4 Å². The fourth-order valence-corrected chi connectivity index (χ4v) is 2.68. The number of aromatic nitrogens is 5. The number of anilines is 3. The van der Waals surface area contributed by atoms with Crippen LogP contribution in [0.2, 0.25) is 0 Å². The van der Waals surface area contributed by atoms with Crippen LogP contribution < -0.4 is 15.4 Å². The van der Waals surface area contributed by atoms with Gasteiger partial charge in [0.25, 0.3) is 0 Å². The van der Waals surface area contributed by atoms with Crippen LogP contribution in [0.4, 0.5) is 34.9 Å². The molecule has 3 heterocycles. The molecule has 0 bridgehead atoms. The van der Waals surface area contributed by atoms with Gasteiger partial charge in [0.1, 0.15) is 11.6 Å². The summed E-state index contributed by atoms with van der Waals surface area (Å²) in [7, 11) is 0. The number of halogens is 4. The van der Waals surface area contributed by atoms with Gasteiger partial charge in [0.15, 0.2) is 11.6 Å². The van der Waals surface area contributed by atoms with Crippen LogP contribution in [0, 0.1) is 0 Å². The van der Waals surface area contributed by atoms with Crippen molar-refractivity contribution in [1.82, 2.24) is 24.9 Å². The van der Waals surface area contributed by atoms with Crippen LogP contribution in [0.25, 0.3) is 11.4 Å². The third kappa shape index (κ3) is 6.30. The Morgan fingerprint density at radius 3 is 2.36 bits per heavy atom. The van der Waals surface area contributed by atoms with Crippen molar-refractivity contribution in [2.45, 2.75) is 39.7 Å². The maximum Gasteiger partial charge on any atom is 0.387 e. The first-order valence-electron chi connectivity index (χ1n) is 9.63. The summed E-state index contributed by atoms with van der Waals surface area (Å²) < 4.78 is 56.7. The van der Waals surface area contributed by atoms with Crippen molar-refractivity contribution < 1.29 is 27.1 Å². The van der Waals surface area contributed by atoms with Crippen LogP contribution in [0.5, 0.6) is 5.75 Å². The zero-order valence-electron chi connectivity index (χ0n) is 17.7. The normalized spacial score (nSPS) is 11.4. The summed E-state index contributed by atoms with van der Waals surface area (Å²) in [5.74, 6) is -4.25. The molecule has 13 heteroatoms. The van der Waals surface area contributed by atoms with E-state index < -0.39 is 18.4 Å². The third-order valence-electron chi connectivity index (χ3n) is 4.10. The molecule has 0 aliphatic carbocycles. The molecule has 3 rings (SSSR count). The first kappa shape index (κ1) is 23.8. The SMILES string of the molecule is CCc1cc(Nc2cc(NC(C)=O)ncc2-c2ncc(OC(F)F)cn2)nc(C(C)(F)F)n1. The molecule has 0 aromatic carbocycles. The Kier molecular flexibility index (Phi) is 6.99. The molecule has 2 N–H and O–H groups in total. The number of carbonyl (C=O) groups excluding carboxylic acids is 1. The summed E-state index contributed by atoms with van der Waals surface area (Å²) in [5, 5.41) is 5.42. The van der Waals surface area contributed by atoms with Crippen molar-refractivity contribution in [3.05, 3.63) is 42.2 Å². The number of nitrogens with zero attached hydrogens (tertiary/aromatic N) is 5. The fourth-order valence-electron chi connectivity index (χ4n) is 2.68. The van der Waals surface area contributed by atoms with E-state index >= 15 is 0 Å². The summed E-state index contributed by atoms with van der Waals surface area (Å²) in [5.41, 5.74) is 0.933. The van der Waals surface area contributed by atoms with Gasteiger partial charge in [-0.3, -0.25) is 4.79 Å². The summed E-state index contributed by atoms with van der Waals surface area (Å²) in [4.78, 5) is 31.3. The van der Waals surface area contributed by atoms with E-state index in [1.165, 1.54) is 25.3 Å². The highest BCUT2D eigenvalue weighted by Crippen LogP contribution is 2.31. The van der Waals surface area contributed by atoms with Gasteiger partial charge >= 0.3 is 12.5 Å². The number of hydrogen-bond donors (Lipinski definition) is 2. The third-order valence-corrected chi connectivity index (χ3v) is 4.10. The number of carbonyl (C=O) groups is 1. The van der Waals surface area contributed by atoms with Gasteiger partial charge in [-0.25, -0.2) is 24.9 Å². The van der Waals surface area contributed by atoms with E-state index in [4.69, 9.17) is 0 Å². The monoisotopic (exact) mass is 465 g/mol. The Bertz CT molecular complexity index is 1140. The predicted octanol–water partition coefficient (Wildman–Crippen LogP) is 4.31. The summed E-state index contributed by atoms with van der Waals surface area (Å²) in [6.07, 6.45) is 3.81. The second-order valence-corrected chi connectivity index (χ2v) is 6.85. The van der Waals surface area contributed by atoms with Gasteiger partial charge in [-0.15, -0.1) is 0 Å². The second kappa shape index (κ2) is 9.71. The maximum atomic E-state index is 13.9. The summed E-state index contributed by atoms with van der Waals surface area (Å²) >= 11 is 0. The van der Waals surface area contributed by atoms with Crippen molar-refractivity contribution in [3.8, 4) is 17.1 Å². The minimum absolute atomic E-state index is 0.0669. The van der Waals surface area contributed by atoms with Crippen LogP contribution in [0.3, 0.4) is 0 Å². The van der Waals surface area contributed by atoms with E-state index in [0.29, 0.717) is 19.0 Å². The number of aryl methyl sites for hydroxylation is 1. The quantitative estimate of drug-likeness (QED) is 0.473. The van der Waals surface area contributed by atoms with Crippen LogP contribution in [0.15, 0.2) is 30.7 Å². The van der Waals surface area contributed by atoms with Gasteiger partial charge in [-0.2, -0.15) is 17.6 Å². The van der Waals surface area contributed by atoms with Gasteiger partial charge in [-0.05, 0) is 6.42 Å². The second-order valence-electron chi connectivity index (χ2n) is 6.85.